The summed E-state index contributed by atoms with van der Waals surface area (Å²) in [4.78, 5) is 16.7. The number of phosphoric ester groups is 1. The van der Waals surface area contributed by atoms with Crippen LogP contribution in [-0.2, 0) is 25.6 Å². The SMILES string of the molecule is O=P(O)(O)Oc1ccccc1.[Mo]. The normalized spacial score (nSPS) is 10.2. The van der Waals surface area contributed by atoms with Gasteiger partial charge in [0.05, 0.1) is 0 Å². The van der Waals surface area contributed by atoms with Gasteiger partial charge in [-0.1, -0.05) is 18.2 Å². The molecule has 0 aliphatic rings. The summed E-state index contributed by atoms with van der Waals surface area (Å²) < 4.78 is 14.5. The van der Waals surface area contributed by atoms with Crippen LogP contribution in [-0.4, -0.2) is 9.79 Å². The summed E-state index contributed by atoms with van der Waals surface area (Å²) in [5, 5.41) is 0. The van der Waals surface area contributed by atoms with Crippen LogP contribution in [0.4, 0.5) is 0 Å². The summed E-state index contributed by atoms with van der Waals surface area (Å²) in [6.07, 6.45) is 0. The van der Waals surface area contributed by atoms with Gasteiger partial charge in [0.1, 0.15) is 5.75 Å². The molecule has 0 heterocycles. The van der Waals surface area contributed by atoms with Crippen LogP contribution in [0.3, 0.4) is 0 Å². The number of hydrogen-bond donors (Lipinski definition) is 2. The smallest absolute Gasteiger partial charge is 0.404 e. The van der Waals surface area contributed by atoms with Gasteiger partial charge in [-0.15, -0.1) is 0 Å². The van der Waals surface area contributed by atoms with Crippen molar-refractivity contribution in [1.29, 1.82) is 0 Å². The monoisotopic (exact) mass is 272 g/mol. The van der Waals surface area contributed by atoms with Crippen LogP contribution < -0.4 is 4.52 Å². The molecule has 2 N–H and O–H groups in total. The fraction of sp³-hybridized carbons (Fsp3) is 0. The molecule has 0 radical (unpaired) electrons. The van der Waals surface area contributed by atoms with Crippen molar-refractivity contribution in [3.8, 4) is 5.75 Å². The Hall–Kier alpha value is -0.142. The maximum Gasteiger partial charge on any atom is 0.524 e. The van der Waals surface area contributed by atoms with E-state index in [-0.39, 0.29) is 26.8 Å². The molecule has 0 atom stereocenters. The van der Waals surface area contributed by atoms with Gasteiger partial charge in [-0.05, 0) is 12.1 Å². The molecule has 0 unspecified atom stereocenters. The van der Waals surface area contributed by atoms with Crippen molar-refractivity contribution in [2.24, 2.45) is 0 Å². The molecule has 4 nitrogen and oxygen atoms in total. The molecule has 66 valence electrons. The third-order valence-electron chi connectivity index (χ3n) is 0.968. The number of benzene rings is 1. The average Bonchev–Trinajstić information content (AvgIpc) is 1.85. The Balaban J connectivity index is 0.00000121. The minimum atomic E-state index is -4.39. The van der Waals surface area contributed by atoms with Gasteiger partial charge in [0.2, 0.25) is 0 Å². The fourth-order valence-electron chi connectivity index (χ4n) is 0.619. The van der Waals surface area contributed by atoms with Gasteiger partial charge in [0.15, 0.2) is 0 Å². The first-order valence-corrected chi connectivity index (χ1v) is 4.41. The van der Waals surface area contributed by atoms with Gasteiger partial charge in [-0.2, -0.15) is 0 Å². The second-order valence-electron chi connectivity index (χ2n) is 1.89. The molecule has 12 heavy (non-hydrogen) atoms. The number of phosphoric acid groups is 1. The van der Waals surface area contributed by atoms with Crippen molar-refractivity contribution in [1.82, 2.24) is 0 Å². The predicted octanol–water partition coefficient (Wildman–Crippen LogP) is 1.16. The van der Waals surface area contributed by atoms with Gasteiger partial charge >= 0.3 is 7.82 Å². The zero-order valence-electron chi connectivity index (χ0n) is 5.95. The average molecular weight is 270 g/mol. The quantitative estimate of drug-likeness (QED) is 0.625. The third-order valence-corrected chi connectivity index (χ3v) is 1.42. The van der Waals surface area contributed by atoms with E-state index >= 15 is 0 Å². The molecule has 0 spiro atoms. The molecule has 1 aromatic carbocycles. The van der Waals surface area contributed by atoms with E-state index in [0.29, 0.717) is 0 Å². The molecule has 0 aliphatic carbocycles. The van der Waals surface area contributed by atoms with Crippen LogP contribution in [0, 0.1) is 0 Å². The van der Waals surface area contributed by atoms with Crippen LogP contribution in [0.15, 0.2) is 30.3 Å². The Kier molecular flexibility index (Phi) is 4.72. The standard InChI is InChI=1S/C6H7O4P.Mo/c7-11(8,9)10-6-4-2-1-3-5-6;/h1-5H,(H2,7,8,9);. The van der Waals surface area contributed by atoms with Crippen molar-refractivity contribution in [3.63, 3.8) is 0 Å². The largest absolute Gasteiger partial charge is 0.524 e. The van der Waals surface area contributed by atoms with Crippen molar-refractivity contribution in [3.05, 3.63) is 30.3 Å². The third kappa shape index (κ3) is 4.68. The number of para-hydroxylation sites is 1. The van der Waals surface area contributed by atoms with Gasteiger partial charge in [-0.25, -0.2) is 4.57 Å². The van der Waals surface area contributed by atoms with E-state index < -0.39 is 7.82 Å². The zero-order valence-corrected chi connectivity index (χ0v) is 8.85. The Morgan fingerprint density at radius 3 is 2.08 bits per heavy atom. The van der Waals surface area contributed by atoms with Gasteiger partial charge < -0.3 is 4.52 Å². The minimum absolute atomic E-state index is 0. The summed E-state index contributed by atoms with van der Waals surface area (Å²) in [5.41, 5.74) is 0. The van der Waals surface area contributed by atoms with Crippen molar-refractivity contribution in [2.75, 3.05) is 0 Å². The molecule has 1 rings (SSSR count). The van der Waals surface area contributed by atoms with E-state index in [4.69, 9.17) is 9.79 Å². The molecule has 0 bridgehead atoms. The first-order chi connectivity index (χ1) is 5.08. The van der Waals surface area contributed by atoms with E-state index in [9.17, 15) is 4.57 Å². The topological polar surface area (TPSA) is 66.8 Å². The Morgan fingerprint density at radius 1 is 1.17 bits per heavy atom. The van der Waals surface area contributed by atoms with E-state index in [0.717, 1.165) is 0 Å². The van der Waals surface area contributed by atoms with Crippen LogP contribution >= 0.6 is 7.82 Å². The Morgan fingerprint density at radius 2 is 1.67 bits per heavy atom. The van der Waals surface area contributed by atoms with Gasteiger partial charge in [0, 0.05) is 21.1 Å². The molecule has 1 aromatic rings. The maximum atomic E-state index is 10.3. The summed E-state index contributed by atoms with van der Waals surface area (Å²) in [7, 11) is -4.39. The first kappa shape index (κ1) is 11.9. The van der Waals surface area contributed by atoms with Crippen LogP contribution in [0.2, 0.25) is 0 Å². The molecule has 0 saturated carbocycles. The number of rotatable bonds is 2. The summed E-state index contributed by atoms with van der Waals surface area (Å²) in [6, 6.07) is 7.93. The van der Waals surface area contributed by atoms with E-state index in [1.807, 2.05) is 0 Å². The predicted molar refractivity (Wildman–Crippen MR) is 39.1 cm³/mol. The molecular formula is C6H7MoO4P. The summed E-state index contributed by atoms with van der Waals surface area (Å²) >= 11 is 0. The molecule has 0 saturated heterocycles. The first-order valence-electron chi connectivity index (χ1n) is 2.88. The zero-order chi connectivity index (χ0) is 8.32. The maximum absolute atomic E-state index is 10.3. The molecule has 0 amide bonds. The summed E-state index contributed by atoms with van der Waals surface area (Å²) in [5.74, 6) is 0.167. The Bertz CT molecular complexity index is 270. The van der Waals surface area contributed by atoms with Crippen LogP contribution in [0.25, 0.3) is 0 Å². The van der Waals surface area contributed by atoms with E-state index in [2.05, 4.69) is 4.52 Å². The Labute approximate surface area is 84.1 Å². The number of hydrogen-bond acceptors (Lipinski definition) is 2. The van der Waals surface area contributed by atoms with Crippen molar-refractivity contribution in [2.45, 2.75) is 0 Å². The molecule has 0 aliphatic heterocycles. The fourth-order valence-corrected chi connectivity index (χ4v) is 1.02. The van der Waals surface area contributed by atoms with E-state index in [1.54, 1.807) is 18.2 Å². The molecule has 0 aromatic heterocycles. The molecule has 6 heteroatoms. The van der Waals surface area contributed by atoms with E-state index in [1.165, 1.54) is 12.1 Å². The second-order valence-corrected chi connectivity index (χ2v) is 3.06. The van der Waals surface area contributed by atoms with Crippen molar-refractivity contribution < 1.29 is 39.9 Å². The van der Waals surface area contributed by atoms with Crippen LogP contribution in [0.5, 0.6) is 5.75 Å². The van der Waals surface area contributed by atoms with Crippen LogP contribution in [0.1, 0.15) is 0 Å². The summed E-state index contributed by atoms with van der Waals surface area (Å²) in [6.45, 7) is 0. The van der Waals surface area contributed by atoms with Crippen molar-refractivity contribution >= 4 is 7.82 Å². The molecule has 0 fully saturated rings. The van der Waals surface area contributed by atoms with Gasteiger partial charge in [0.25, 0.3) is 0 Å². The minimum Gasteiger partial charge on any atom is -0.404 e. The molecular weight excluding hydrogens is 263 g/mol. The second kappa shape index (κ2) is 4.78. The van der Waals surface area contributed by atoms with Gasteiger partial charge in [-0.3, -0.25) is 9.79 Å².